The Labute approximate surface area is 86.5 Å². The SMILES string of the molecule is COc1csc(C(=O)NC[C@@H](C)O)c1. The Morgan fingerprint density at radius 2 is 2.50 bits per heavy atom. The van der Waals surface area contributed by atoms with Gasteiger partial charge in [-0.2, -0.15) is 0 Å². The molecule has 4 nitrogen and oxygen atoms in total. The van der Waals surface area contributed by atoms with Crippen LogP contribution in [0.25, 0.3) is 0 Å². The van der Waals surface area contributed by atoms with E-state index in [-0.39, 0.29) is 12.5 Å². The van der Waals surface area contributed by atoms with E-state index in [0.29, 0.717) is 10.6 Å². The van der Waals surface area contributed by atoms with Crippen LogP contribution in [0.1, 0.15) is 16.6 Å². The van der Waals surface area contributed by atoms with Crippen molar-refractivity contribution in [1.29, 1.82) is 0 Å². The molecule has 1 amide bonds. The van der Waals surface area contributed by atoms with Crippen molar-refractivity contribution < 1.29 is 14.6 Å². The fourth-order valence-corrected chi connectivity index (χ4v) is 1.64. The summed E-state index contributed by atoms with van der Waals surface area (Å²) in [6.07, 6.45) is -0.527. The van der Waals surface area contributed by atoms with E-state index < -0.39 is 6.10 Å². The zero-order valence-corrected chi connectivity index (χ0v) is 8.93. The smallest absolute Gasteiger partial charge is 0.261 e. The molecule has 0 spiro atoms. The molecule has 14 heavy (non-hydrogen) atoms. The minimum Gasteiger partial charge on any atom is -0.496 e. The minimum atomic E-state index is -0.527. The second-order valence-electron chi connectivity index (χ2n) is 2.91. The lowest BCUT2D eigenvalue weighted by Crippen LogP contribution is -2.29. The highest BCUT2D eigenvalue weighted by Crippen LogP contribution is 2.20. The molecule has 0 aliphatic heterocycles. The Morgan fingerprint density at radius 3 is 3.00 bits per heavy atom. The van der Waals surface area contributed by atoms with E-state index in [1.165, 1.54) is 11.3 Å². The van der Waals surface area contributed by atoms with E-state index in [2.05, 4.69) is 5.32 Å². The summed E-state index contributed by atoms with van der Waals surface area (Å²) in [5.41, 5.74) is 0. The van der Waals surface area contributed by atoms with Gasteiger partial charge in [-0.3, -0.25) is 4.79 Å². The summed E-state index contributed by atoms with van der Waals surface area (Å²) in [5, 5.41) is 13.3. The molecule has 0 unspecified atom stereocenters. The third-order valence-electron chi connectivity index (χ3n) is 1.59. The number of methoxy groups -OCH3 is 1. The molecule has 0 radical (unpaired) electrons. The highest BCUT2D eigenvalue weighted by molar-refractivity contribution is 7.12. The lowest BCUT2D eigenvalue weighted by atomic mass is 10.4. The van der Waals surface area contributed by atoms with Crippen LogP contribution in [0.4, 0.5) is 0 Å². The summed E-state index contributed by atoms with van der Waals surface area (Å²) < 4.78 is 4.95. The normalized spacial score (nSPS) is 12.2. The van der Waals surface area contributed by atoms with Gasteiger partial charge in [-0.25, -0.2) is 0 Å². The monoisotopic (exact) mass is 215 g/mol. The van der Waals surface area contributed by atoms with Crippen LogP contribution in [-0.4, -0.2) is 30.8 Å². The van der Waals surface area contributed by atoms with Gasteiger partial charge in [0.15, 0.2) is 0 Å². The number of aliphatic hydroxyl groups excluding tert-OH is 1. The average Bonchev–Trinajstić information content (AvgIpc) is 2.62. The van der Waals surface area contributed by atoms with Crippen molar-refractivity contribution in [2.24, 2.45) is 0 Å². The van der Waals surface area contributed by atoms with Gasteiger partial charge in [0, 0.05) is 18.0 Å². The maximum Gasteiger partial charge on any atom is 0.261 e. The Morgan fingerprint density at radius 1 is 1.79 bits per heavy atom. The van der Waals surface area contributed by atoms with Gasteiger partial charge in [0.25, 0.3) is 5.91 Å². The van der Waals surface area contributed by atoms with Crippen LogP contribution < -0.4 is 10.1 Å². The van der Waals surface area contributed by atoms with Crippen LogP contribution in [0.15, 0.2) is 11.4 Å². The second-order valence-corrected chi connectivity index (χ2v) is 3.82. The van der Waals surface area contributed by atoms with Crippen molar-refractivity contribution >= 4 is 17.2 Å². The summed E-state index contributed by atoms with van der Waals surface area (Å²) in [5.74, 6) is 0.497. The number of carbonyl (C=O) groups excluding carboxylic acids is 1. The van der Waals surface area contributed by atoms with Gasteiger partial charge in [-0.05, 0) is 6.92 Å². The molecule has 0 aliphatic rings. The van der Waals surface area contributed by atoms with Crippen molar-refractivity contribution in [2.45, 2.75) is 13.0 Å². The number of amides is 1. The predicted molar refractivity (Wildman–Crippen MR) is 54.9 cm³/mol. The maximum absolute atomic E-state index is 11.4. The average molecular weight is 215 g/mol. The summed E-state index contributed by atoms with van der Waals surface area (Å²) in [7, 11) is 1.56. The van der Waals surface area contributed by atoms with E-state index in [1.54, 1.807) is 25.5 Å². The quantitative estimate of drug-likeness (QED) is 0.783. The molecule has 1 heterocycles. The van der Waals surface area contributed by atoms with Crippen molar-refractivity contribution in [3.63, 3.8) is 0 Å². The molecule has 0 saturated heterocycles. The number of nitrogens with one attached hydrogen (secondary N) is 1. The van der Waals surface area contributed by atoms with Gasteiger partial charge in [0.2, 0.25) is 0 Å². The Bertz CT molecular complexity index is 309. The second kappa shape index (κ2) is 4.97. The number of rotatable bonds is 4. The highest BCUT2D eigenvalue weighted by atomic mass is 32.1. The molecule has 5 heteroatoms. The molecule has 1 aromatic rings. The topological polar surface area (TPSA) is 58.6 Å². The Hall–Kier alpha value is -1.07. The van der Waals surface area contributed by atoms with Crippen LogP contribution >= 0.6 is 11.3 Å². The molecule has 0 fully saturated rings. The lowest BCUT2D eigenvalue weighted by molar-refractivity contribution is 0.0928. The number of hydrogen-bond donors (Lipinski definition) is 2. The number of carbonyl (C=O) groups is 1. The fraction of sp³-hybridized carbons (Fsp3) is 0.444. The molecule has 0 aliphatic carbocycles. The number of aliphatic hydroxyl groups is 1. The zero-order valence-electron chi connectivity index (χ0n) is 8.11. The molecule has 0 bridgehead atoms. The first-order valence-electron chi connectivity index (χ1n) is 4.22. The molecule has 2 N–H and O–H groups in total. The van der Waals surface area contributed by atoms with E-state index >= 15 is 0 Å². The van der Waals surface area contributed by atoms with E-state index in [9.17, 15) is 4.79 Å². The van der Waals surface area contributed by atoms with Gasteiger partial charge >= 0.3 is 0 Å². The van der Waals surface area contributed by atoms with Crippen molar-refractivity contribution in [3.05, 3.63) is 16.3 Å². The van der Waals surface area contributed by atoms with Crippen molar-refractivity contribution in [3.8, 4) is 5.75 Å². The molecular formula is C9H13NO3S. The Kier molecular flexibility index (Phi) is 3.91. The van der Waals surface area contributed by atoms with Gasteiger partial charge in [-0.15, -0.1) is 11.3 Å². The van der Waals surface area contributed by atoms with Crippen LogP contribution in [0.2, 0.25) is 0 Å². The van der Waals surface area contributed by atoms with Gasteiger partial charge in [0.1, 0.15) is 5.75 Å². The molecule has 1 aromatic heterocycles. The first-order valence-corrected chi connectivity index (χ1v) is 5.10. The highest BCUT2D eigenvalue weighted by Gasteiger charge is 2.09. The standard InChI is InChI=1S/C9H13NO3S/c1-6(11)4-10-9(12)8-3-7(13-2)5-14-8/h3,5-6,11H,4H2,1-2H3,(H,10,12)/t6-/m1/s1. The molecule has 78 valence electrons. The van der Waals surface area contributed by atoms with Crippen LogP contribution in [-0.2, 0) is 0 Å². The van der Waals surface area contributed by atoms with E-state index in [4.69, 9.17) is 9.84 Å². The van der Waals surface area contributed by atoms with Crippen LogP contribution in [0.3, 0.4) is 0 Å². The first-order chi connectivity index (χ1) is 6.63. The van der Waals surface area contributed by atoms with Crippen LogP contribution in [0, 0.1) is 0 Å². The molecule has 0 aromatic carbocycles. The minimum absolute atomic E-state index is 0.181. The van der Waals surface area contributed by atoms with E-state index in [0.717, 1.165) is 0 Å². The third-order valence-corrected chi connectivity index (χ3v) is 2.50. The molecule has 1 atom stereocenters. The largest absolute Gasteiger partial charge is 0.496 e. The van der Waals surface area contributed by atoms with E-state index in [1.807, 2.05) is 0 Å². The summed E-state index contributed by atoms with van der Waals surface area (Å²) in [6, 6.07) is 1.67. The molecular weight excluding hydrogens is 202 g/mol. The first kappa shape index (κ1) is 11.0. The fourth-order valence-electron chi connectivity index (χ4n) is 0.872. The molecule has 1 rings (SSSR count). The Balaban J connectivity index is 2.52. The summed E-state index contributed by atoms with van der Waals surface area (Å²) >= 11 is 1.32. The lowest BCUT2D eigenvalue weighted by Gasteiger charge is -2.04. The van der Waals surface area contributed by atoms with Crippen molar-refractivity contribution in [1.82, 2.24) is 5.32 Å². The maximum atomic E-state index is 11.4. The number of hydrogen-bond acceptors (Lipinski definition) is 4. The van der Waals surface area contributed by atoms with Gasteiger partial charge in [0.05, 0.1) is 18.1 Å². The molecule has 0 saturated carbocycles. The van der Waals surface area contributed by atoms with Gasteiger partial charge in [-0.1, -0.05) is 0 Å². The zero-order chi connectivity index (χ0) is 10.6. The summed E-state index contributed by atoms with van der Waals surface area (Å²) in [6.45, 7) is 1.88. The number of thiophene rings is 1. The van der Waals surface area contributed by atoms with Crippen molar-refractivity contribution in [2.75, 3.05) is 13.7 Å². The summed E-state index contributed by atoms with van der Waals surface area (Å²) in [4.78, 5) is 12.0. The predicted octanol–water partition coefficient (Wildman–Crippen LogP) is 0.867. The number of ether oxygens (including phenoxy) is 1. The van der Waals surface area contributed by atoms with Gasteiger partial charge < -0.3 is 15.2 Å². The van der Waals surface area contributed by atoms with Crippen LogP contribution in [0.5, 0.6) is 5.75 Å². The third kappa shape index (κ3) is 3.01.